The molecule has 1 aromatic rings. The van der Waals surface area contributed by atoms with Gasteiger partial charge in [-0.15, -0.1) is 0 Å². The summed E-state index contributed by atoms with van der Waals surface area (Å²) in [5.41, 5.74) is -0.345. The van der Waals surface area contributed by atoms with Gasteiger partial charge in [-0.2, -0.15) is 0 Å². The lowest BCUT2D eigenvalue weighted by molar-refractivity contribution is -0.147. The van der Waals surface area contributed by atoms with Gasteiger partial charge in [0.05, 0.1) is 12.8 Å². The molecule has 1 amide bonds. The summed E-state index contributed by atoms with van der Waals surface area (Å²) in [7, 11) is 0. The molecule has 2 unspecified atom stereocenters. The molecule has 1 fully saturated rings. The van der Waals surface area contributed by atoms with Gasteiger partial charge in [-0.1, -0.05) is 6.92 Å². The summed E-state index contributed by atoms with van der Waals surface area (Å²) < 4.78 is 18.2. The quantitative estimate of drug-likeness (QED) is 0.826. The Balaban J connectivity index is 2.38. The van der Waals surface area contributed by atoms with Crippen molar-refractivity contribution in [2.24, 2.45) is 0 Å². The van der Waals surface area contributed by atoms with Gasteiger partial charge in [0.1, 0.15) is 11.9 Å². The lowest BCUT2D eigenvalue weighted by Gasteiger charge is -2.28. The lowest BCUT2D eigenvalue weighted by atomic mass is 9.76. The highest BCUT2D eigenvalue weighted by atomic mass is 19.1. The minimum Gasteiger partial charge on any atom is -0.464 e. The molecule has 1 aromatic heterocycles. The van der Waals surface area contributed by atoms with Crippen LogP contribution in [0.15, 0.2) is 18.5 Å². The molecular weight excluding hydrogens is 251 g/mol. The van der Waals surface area contributed by atoms with E-state index in [1.165, 1.54) is 12.3 Å². The largest absolute Gasteiger partial charge is 0.464 e. The van der Waals surface area contributed by atoms with E-state index in [4.69, 9.17) is 4.74 Å². The van der Waals surface area contributed by atoms with E-state index in [0.717, 1.165) is 6.20 Å². The number of esters is 1. The Bertz CT molecular complexity index is 520. The fourth-order valence-electron chi connectivity index (χ4n) is 2.34. The minimum atomic E-state index is -0.849. The van der Waals surface area contributed by atoms with E-state index in [2.05, 4.69) is 10.3 Å². The molecule has 102 valence electrons. The molecule has 2 heterocycles. The summed E-state index contributed by atoms with van der Waals surface area (Å²) in [6.07, 6.45) is 2.65. The molecule has 0 saturated carbocycles. The van der Waals surface area contributed by atoms with Crippen molar-refractivity contribution >= 4 is 11.9 Å². The Labute approximate surface area is 110 Å². The Morgan fingerprint density at radius 2 is 2.37 bits per heavy atom. The number of hydrogen-bond acceptors (Lipinski definition) is 4. The first kappa shape index (κ1) is 13.5. The predicted molar refractivity (Wildman–Crippen MR) is 64.7 cm³/mol. The second kappa shape index (κ2) is 4.95. The van der Waals surface area contributed by atoms with E-state index >= 15 is 0 Å². The van der Waals surface area contributed by atoms with Crippen LogP contribution in [0, 0.1) is 5.82 Å². The Morgan fingerprint density at radius 3 is 3.00 bits per heavy atom. The second-order valence-corrected chi connectivity index (χ2v) is 4.74. The number of nitrogens with zero attached hydrogens (tertiary/aromatic N) is 1. The molecule has 0 aromatic carbocycles. The number of carbonyl (C=O) groups excluding carboxylic acids is 2. The number of aromatic nitrogens is 1. The summed E-state index contributed by atoms with van der Waals surface area (Å²) in [6, 6.07) is 0.475. The van der Waals surface area contributed by atoms with E-state index in [1.807, 2.05) is 0 Å². The van der Waals surface area contributed by atoms with Crippen LogP contribution in [0.1, 0.15) is 25.8 Å². The molecule has 0 radical (unpaired) electrons. The van der Waals surface area contributed by atoms with Crippen LogP contribution in [0.5, 0.6) is 0 Å². The van der Waals surface area contributed by atoms with Crippen molar-refractivity contribution in [3.63, 3.8) is 0 Å². The topological polar surface area (TPSA) is 68.3 Å². The second-order valence-electron chi connectivity index (χ2n) is 4.74. The normalized spacial score (nSPS) is 26.1. The van der Waals surface area contributed by atoms with Crippen LogP contribution in [-0.2, 0) is 19.7 Å². The average Bonchev–Trinajstić information content (AvgIpc) is 2.66. The lowest BCUT2D eigenvalue weighted by Crippen LogP contribution is -2.46. The van der Waals surface area contributed by atoms with E-state index in [-0.39, 0.29) is 18.9 Å². The van der Waals surface area contributed by atoms with Crippen LogP contribution in [0.3, 0.4) is 0 Å². The van der Waals surface area contributed by atoms with Crippen molar-refractivity contribution in [3.8, 4) is 0 Å². The fraction of sp³-hybridized carbons (Fsp3) is 0.462. The first-order chi connectivity index (χ1) is 8.97. The van der Waals surface area contributed by atoms with E-state index in [1.54, 1.807) is 13.8 Å². The molecule has 19 heavy (non-hydrogen) atoms. The van der Waals surface area contributed by atoms with Gasteiger partial charge in [0, 0.05) is 18.0 Å². The van der Waals surface area contributed by atoms with Gasteiger partial charge < -0.3 is 10.1 Å². The summed E-state index contributed by atoms with van der Waals surface area (Å²) in [5.74, 6) is -1.27. The Kier molecular flexibility index (Phi) is 3.50. The first-order valence-electron chi connectivity index (χ1n) is 6.04. The van der Waals surface area contributed by atoms with Crippen molar-refractivity contribution in [2.75, 3.05) is 6.61 Å². The van der Waals surface area contributed by atoms with Crippen LogP contribution in [0.25, 0.3) is 0 Å². The molecule has 2 atom stereocenters. The number of carbonyl (C=O) groups is 2. The van der Waals surface area contributed by atoms with Crippen LogP contribution in [-0.4, -0.2) is 29.5 Å². The monoisotopic (exact) mass is 266 g/mol. The van der Waals surface area contributed by atoms with Crippen molar-refractivity contribution in [3.05, 3.63) is 29.8 Å². The number of hydrogen-bond donors (Lipinski definition) is 1. The maximum Gasteiger partial charge on any atom is 0.329 e. The van der Waals surface area contributed by atoms with Crippen molar-refractivity contribution in [2.45, 2.75) is 31.7 Å². The molecule has 6 heteroatoms. The summed E-state index contributed by atoms with van der Waals surface area (Å²) >= 11 is 0. The SMILES string of the molecule is CCOC(=O)C1NC(=O)CC1(C)c1cncc(F)c1. The third-order valence-corrected chi connectivity index (χ3v) is 3.36. The fourth-order valence-corrected chi connectivity index (χ4v) is 2.34. The summed E-state index contributed by atoms with van der Waals surface area (Å²) in [6.45, 7) is 3.64. The average molecular weight is 266 g/mol. The summed E-state index contributed by atoms with van der Waals surface area (Å²) in [5, 5.41) is 2.58. The molecule has 2 rings (SSSR count). The van der Waals surface area contributed by atoms with E-state index in [0.29, 0.717) is 5.56 Å². The molecular formula is C13H15FN2O3. The number of amides is 1. The van der Waals surface area contributed by atoms with Gasteiger partial charge in [-0.25, -0.2) is 9.18 Å². The number of rotatable bonds is 3. The van der Waals surface area contributed by atoms with E-state index in [9.17, 15) is 14.0 Å². The van der Waals surface area contributed by atoms with Gasteiger partial charge in [0.2, 0.25) is 5.91 Å². The standard InChI is InChI=1S/C13H15FN2O3/c1-3-19-12(18)11-13(2,5-10(17)16-11)8-4-9(14)7-15-6-8/h4,6-7,11H,3,5H2,1-2H3,(H,16,17). The number of halogens is 1. The molecule has 5 nitrogen and oxygen atoms in total. The molecule has 1 aliphatic rings. The highest BCUT2D eigenvalue weighted by Crippen LogP contribution is 2.36. The Hall–Kier alpha value is -1.98. The van der Waals surface area contributed by atoms with Crippen molar-refractivity contribution in [1.82, 2.24) is 10.3 Å². The van der Waals surface area contributed by atoms with E-state index < -0.39 is 23.2 Å². The van der Waals surface area contributed by atoms with Crippen LogP contribution in [0.2, 0.25) is 0 Å². The maximum atomic E-state index is 13.3. The first-order valence-corrected chi connectivity index (χ1v) is 6.04. The maximum absolute atomic E-state index is 13.3. The molecule has 1 aliphatic heterocycles. The van der Waals surface area contributed by atoms with Gasteiger partial charge in [0.15, 0.2) is 0 Å². The number of ether oxygens (including phenoxy) is 1. The van der Waals surface area contributed by atoms with Crippen molar-refractivity contribution in [1.29, 1.82) is 0 Å². The zero-order valence-electron chi connectivity index (χ0n) is 10.8. The highest BCUT2D eigenvalue weighted by Gasteiger charge is 2.49. The smallest absolute Gasteiger partial charge is 0.329 e. The molecule has 0 spiro atoms. The third kappa shape index (κ3) is 2.43. The third-order valence-electron chi connectivity index (χ3n) is 3.36. The molecule has 1 saturated heterocycles. The minimum absolute atomic E-state index is 0.0988. The van der Waals surface area contributed by atoms with Gasteiger partial charge >= 0.3 is 5.97 Å². The Morgan fingerprint density at radius 1 is 1.63 bits per heavy atom. The zero-order valence-corrected chi connectivity index (χ0v) is 10.8. The molecule has 0 aliphatic carbocycles. The van der Waals surface area contributed by atoms with Crippen LogP contribution < -0.4 is 5.32 Å². The van der Waals surface area contributed by atoms with Crippen molar-refractivity contribution < 1.29 is 18.7 Å². The highest BCUT2D eigenvalue weighted by molar-refractivity contribution is 5.91. The summed E-state index contributed by atoms with van der Waals surface area (Å²) in [4.78, 5) is 27.3. The van der Waals surface area contributed by atoms with Gasteiger partial charge in [-0.3, -0.25) is 9.78 Å². The zero-order chi connectivity index (χ0) is 14.0. The van der Waals surface area contributed by atoms with Crippen LogP contribution in [0.4, 0.5) is 4.39 Å². The molecule has 0 bridgehead atoms. The van der Waals surface area contributed by atoms with Crippen LogP contribution >= 0.6 is 0 Å². The number of nitrogens with one attached hydrogen (secondary N) is 1. The van der Waals surface area contributed by atoms with Gasteiger partial charge in [0.25, 0.3) is 0 Å². The number of pyridine rings is 1. The molecule has 1 N–H and O–H groups in total. The van der Waals surface area contributed by atoms with Gasteiger partial charge in [-0.05, 0) is 18.6 Å². The predicted octanol–water partition coefficient (Wildman–Crippen LogP) is 0.930.